The largest absolute Gasteiger partial charge is 0.456 e. The van der Waals surface area contributed by atoms with Crippen molar-refractivity contribution in [1.29, 1.82) is 0 Å². The van der Waals surface area contributed by atoms with Crippen LogP contribution in [0.5, 0.6) is 0 Å². The van der Waals surface area contributed by atoms with Crippen LogP contribution in [0.15, 0.2) is 205 Å². The normalized spacial score (nSPS) is 11.3. The highest BCUT2D eigenvalue weighted by atomic mass is 16.3. The summed E-state index contributed by atoms with van der Waals surface area (Å²) in [5.74, 6) is 1.85. The summed E-state index contributed by atoms with van der Waals surface area (Å²) in [6.45, 7) is 0. The first-order chi connectivity index (χ1) is 27.2. The van der Waals surface area contributed by atoms with E-state index in [1.54, 1.807) is 0 Å². The number of rotatable bonds is 7. The maximum absolute atomic E-state index is 6.22. The molecule has 8 aromatic carbocycles. The van der Waals surface area contributed by atoms with Crippen molar-refractivity contribution < 1.29 is 4.42 Å². The second kappa shape index (κ2) is 13.8. The molecule has 0 saturated carbocycles. The van der Waals surface area contributed by atoms with Crippen LogP contribution in [0, 0.1) is 0 Å². The Labute approximate surface area is 319 Å². The molecule has 0 aliphatic heterocycles. The minimum atomic E-state index is 0.612. The van der Waals surface area contributed by atoms with Gasteiger partial charge in [0.2, 0.25) is 0 Å². The zero-order valence-corrected chi connectivity index (χ0v) is 29.8. The van der Waals surface area contributed by atoms with Crippen LogP contribution in [0.1, 0.15) is 0 Å². The van der Waals surface area contributed by atoms with Crippen molar-refractivity contribution in [3.8, 4) is 78.7 Å². The molecule has 0 atom stereocenters. The summed E-state index contributed by atoms with van der Waals surface area (Å²) in [7, 11) is 0. The van der Waals surface area contributed by atoms with Crippen LogP contribution in [0.2, 0.25) is 0 Å². The van der Waals surface area contributed by atoms with Gasteiger partial charge in [-0.3, -0.25) is 0 Å². The van der Waals surface area contributed by atoms with Crippen molar-refractivity contribution in [2.75, 3.05) is 0 Å². The molecule has 0 fully saturated rings. The first-order valence-corrected chi connectivity index (χ1v) is 18.4. The van der Waals surface area contributed by atoms with Crippen LogP contribution < -0.4 is 0 Å². The SMILES string of the molecule is c1ccc(-c2cccc(-c3nc(-c4cccc(-c5cccc(-c6ccc7c(c6)oc6ccccc67)c5)c4)nc(-c4ccccc4-c4ccccc4)n3)c2)cc1. The van der Waals surface area contributed by atoms with Gasteiger partial charge in [0.25, 0.3) is 0 Å². The Morgan fingerprint density at radius 1 is 0.255 bits per heavy atom. The van der Waals surface area contributed by atoms with E-state index < -0.39 is 0 Å². The molecule has 0 saturated heterocycles. The molecular weight excluding hydrogens is 671 g/mol. The predicted octanol–water partition coefficient (Wildman–Crippen LogP) is 13.4. The number of hydrogen-bond acceptors (Lipinski definition) is 4. The van der Waals surface area contributed by atoms with E-state index in [0.29, 0.717) is 17.5 Å². The molecule has 2 aromatic heterocycles. The smallest absolute Gasteiger partial charge is 0.164 e. The number of nitrogens with zero attached hydrogens (tertiary/aromatic N) is 3. The van der Waals surface area contributed by atoms with Crippen LogP contribution in [0.3, 0.4) is 0 Å². The summed E-state index contributed by atoms with van der Waals surface area (Å²) < 4.78 is 6.22. The third-order valence-electron chi connectivity index (χ3n) is 10.1. The van der Waals surface area contributed by atoms with Crippen molar-refractivity contribution in [1.82, 2.24) is 15.0 Å². The molecule has 10 aromatic rings. The number of benzene rings is 8. The van der Waals surface area contributed by atoms with Gasteiger partial charge in [0.1, 0.15) is 11.2 Å². The molecule has 258 valence electrons. The molecule has 0 bridgehead atoms. The van der Waals surface area contributed by atoms with Gasteiger partial charge in [-0.25, -0.2) is 15.0 Å². The third-order valence-corrected chi connectivity index (χ3v) is 10.1. The molecule has 0 unspecified atom stereocenters. The lowest BCUT2D eigenvalue weighted by Crippen LogP contribution is -2.01. The summed E-state index contributed by atoms with van der Waals surface area (Å²) in [5.41, 5.74) is 13.4. The maximum atomic E-state index is 6.22. The summed E-state index contributed by atoms with van der Waals surface area (Å²) in [4.78, 5) is 15.5. The van der Waals surface area contributed by atoms with Gasteiger partial charge in [-0.05, 0) is 80.9 Å². The van der Waals surface area contributed by atoms with E-state index in [-0.39, 0.29) is 0 Å². The van der Waals surface area contributed by atoms with Crippen LogP contribution in [0.4, 0.5) is 0 Å². The quantitative estimate of drug-likeness (QED) is 0.166. The van der Waals surface area contributed by atoms with Crippen LogP contribution in [0.25, 0.3) is 101 Å². The average Bonchev–Trinajstić information content (AvgIpc) is 3.65. The fourth-order valence-corrected chi connectivity index (χ4v) is 7.39. The lowest BCUT2D eigenvalue weighted by atomic mass is 9.97. The van der Waals surface area contributed by atoms with E-state index >= 15 is 0 Å². The second-order valence-electron chi connectivity index (χ2n) is 13.6. The fourth-order valence-electron chi connectivity index (χ4n) is 7.39. The van der Waals surface area contributed by atoms with Crippen molar-refractivity contribution >= 4 is 21.9 Å². The molecule has 0 aliphatic carbocycles. The Bertz CT molecular complexity index is 2990. The molecule has 2 heterocycles. The van der Waals surface area contributed by atoms with E-state index in [1.807, 2.05) is 30.3 Å². The Balaban J connectivity index is 1.08. The Hall–Kier alpha value is -7.43. The summed E-state index contributed by atoms with van der Waals surface area (Å²) in [6.07, 6.45) is 0. The number of para-hydroxylation sites is 1. The zero-order valence-electron chi connectivity index (χ0n) is 29.8. The molecule has 0 N–H and O–H groups in total. The van der Waals surface area contributed by atoms with Crippen molar-refractivity contribution in [2.45, 2.75) is 0 Å². The second-order valence-corrected chi connectivity index (χ2v) is 13.6. The van der Waals surface area contributed by atoms with Crippen LogP contribution in [-0.2, 0) is 0 Å². The topological polar surface area (TPSA) is 51.8 Å². The lowest BCUT2D eigenvalue weighted by molar-refractivity contribution is 0.669. The zero-order chi connectivity index (χ0) is 36.6. The van der Waals surface area contributed by atoms with Gasteiger partial charge < -0.3 is 4.42 Å². The fraction of sp³-hybridized carbons (Fsp3) is 0. The Morgan fingerprint density at radius 2 is 0.691 bits per heavy atom. The van der Waals surface area contributed by atoms with Gasteiger partial charge in [0.15, 0.2) is 17.5 Å². The minimum Gasteiger partial charge on any atom is -0.456 e. The Kier molecular flexibility index (Phi) is 8.12. The number of aromatic nitrogens is 3. The molecule has 0 aliphatic rings. The van der Waals surface area contributed by atoms with E-state index in [0.717, 1.165) is 83.1 Å². The number of furan rings is 1. The maximum Gasteiger partial charge on any atom is 0.164 e. The highest BCUT2D eigenvalue weighted by Gasteiger charge is 2.17. The van der Waals surface area contributed by atoms with Gasteiger partial charge in [-0.15, -0.1) is 0 Å². The van der Waals surface area contributed by atoms with E-state index in [2.05, 4.69) is 170 Å². The number of hydrogen-bond donors (Lipinski definition) is 0. The van der Waals surface area contributed by atoms with E-state index in [1.165, 1.54) is 0 Å². The van der Waals surface area contributed by atoms with Gasteiger partial charge in [-0.2, -0.15) is 0 Å². The predicted molar refractivity (Wildman–Crippen MR) is 225 cm³/mol. The van der Waals surface area contributed by atoms with Crippen LogP contribution >= 0.6 is 0 Å². The first kappa shape index (κ1) is 32.2. The summed E-state index contributed by atoms with van der Waals surface area (Å²) in [6, 6.07) is 69.3. The summed E-state index contributed by atoms with van der Waals surface area (Å²) >= 11 is 0. The van der Waals surface area contributed by atoms with Gasteiger partial charge in [0.05, 0.1) is 0 Å². The van der Waals surface area contributed by atoms with Crippen molar-refractivity contribution in [3.05, 3.63) is 200 Å². The van der Waals surface area contributed by atoms with Gasteiger partial charge in [-0.1, -0.05) is 164 Å². The number of fused-ring (bicyclic) bond motifs is 3. The van der Waals surface area contributed by atoms with Gasteiger partial charge >= 0.3 is 0 Å². The summed E-state index contributed by atoms with van der Waals surface area (Å²) in [5, 5.41) is 2.25. The van der Waals surface area contributed by atoms with Crippen molar-refractivity contribution in [3.63, 3.8) is 0 Å². The molecule has 10 rings (SSSR count). The molecule has 4 nitrogen and oxygen atoms in total. The van der Waals surface area contributed by atoms with Crippen LogP contribution in [-0.4, -0.2) is 15.0 Å². The molecule has 55 heavy (non-hydrogen) atoms. The van der Waals surface area contributed by atoms with Crippen molar-refractivity contribution in [2.24, 2.45) is 0 Å². The average molecular weight is 704 g/mol. The van der Waals surface area contributed by atoms with E-state index in [4.69, 9.17) is 19.4 Å². The molecule has 0 radical (unpaired) electrons. The molecule has 0 amide bonds. The third kappa shape index (κ3) is 6.26. The standard InChI is InChI=1S/C51H33N3O/c1-3-14-34(15-4-1)36-18-12-22-41(31-36)49-52-50(54-51(53-49)46-26-8-7-24-43(46)35-16-5-2-6-17-35)42-23-13-21-39(32-42)37-19-11-20-38(30-37)40-28-29-45-44-25-9-10-27-47(44)55-48(45)33-40/h1-33H. The highest BCUT2D eigenvalue weighted by Crippen LogP contribution is 2.36. The lowest BCUT2D eigenvalue weighted by Gasteiger charge is -2.13. The van der Waals surface area contributed by atoms with E-state index in [9.17, 15) is 0 Å². The molecule has 4 heteroatoms. The first-order valence-electron chi connectivity index (χ1n) is 18.4. The minimum absolute atomic E-state index is 0.612. The molecular formula is C51H33N3O. The Morgan fingerprint density at radius 3 is 1.35 bits per heavy atom. The highest BCUT2D eigenvalue weighted by molar-refractivity contribution is 6.06. The monoisotopic (exact) mass is 703 g/mol. The van der Waals surface area contributed by atoms with Gasteiger partial charge in [0, 0.05) is 27.5 Å². The molecule has 0 spiro atoms.